The van der Waals surface area contributed by atoms with Crippen molar-refractivity contribution in [3.8, 4) is 0 Å². The summed E-state index contributed by atoms with van der Waals surface area (Å²) in [6.07, 6.45) is 0. The molecule has 0 aliphatic heterocycles. The number of carbonyl (C=O) groups excluding carboxylic acids is 1. The molecular formula is C16H11BrO4S. The van der Waals surface area contributed by atoms with Crippen LogP contribution in [-0.2, 0) is 14.6 Å². The van der Waals surface area contributed by atoms with Crippen molar-refractivity contribution >= 4 is 37.1 Å². The number of benzene rings is 2. The van der Waals surface area contributed by atoms with Crippen LogP contribution < -0.4 is 0 Å². The Bertz CT molecular complexity index is 868. The van der Waals surface area contributed by atoms with Gasteiger partial charge in [-0.3, -0.25) is 4.79 Å². The van der Waals surface area contributed by atoms with Crippen LogP contribution in [0.5, 0.6) is 0 Å². The van der Waals surface area contributed by atoms with Crippen molar-refractivity contribution < 1.29 is 18.3 Å². The molecular weight excluding hydrogens is 368 g/mol. The lowest BCUT2D eigenvalue weighted by atomic mass is 9.88. The Morgan fingerprint density at radius 1 is 0.955 bits per heavy atom. The van der Waals surface area contributed by atoms with Crippen LogP contribution in [0, 0.1) is 0 Å². The van der Waals surface area contributed by atoms with E-state index < -0.39 is 26.6 Å². The fraction of sp³-hybridized carbons (Fsp3) is 0.0625. The number of hydrogen-bond donors (Lipinski definition) is 1. The van der Waals surface area contributed by atoms with Crippen LogP contribution in [0.1, 0.15) is 5.56 Å². The van der Waals surface area contributed by atoms with E-state index in [0.29, 0.717) is 5.56 Å². The molecule has 0 fully saturated rings. The first-order valence-corrected chi connectivity index (χ1v) is 8.79. The molecule has 3 rings (SSSR count). The Morgan fingerprint density at radius 2 is 1.55 bits per heavy atom. The quantitative estimate of drug-likeness (QED) is 0.890. The minimum Gasteiger partial charge on any atom is -0.504 e. The molecule has 0 bridgehead atoms. The standard InChI is InChI=1S/C16H11BrO4S/c17-11-6-8-12(9-7-11)22(20,21)16-13(14(18)15(16)19)10-4-2-1-3-5-10/h1-9,16,18H. The Labute approximate surface area is 136 Å². The predicted octanol–water partition coefficient (Wildman–Crippen LogP) is 3.14. The zero-order valence-corrected chi connectivity index (χ0v) is 13.6. The summed E-state index contributed by atoms with van der Waals surface area (Å²) in [6.45, 7) is 0. The highest BCUT2D eigenvalue weighted by Gasteiger charge is 2.49. The molecule has 0 saturated heterocycles. The third-order valence-corrected chi connectivity index (χ3v) is 6.05. The van der Waals surface area contributed by atoms with Crippen LogP contribution in [0.2, 0.25) is 0 Å². The number of halogens is 1. The molecule has 112 valence electrons. The highest BCUT2D eigenvalue weighted by atomic mass is 79.9. The summed E-state index contributed by atoms with van der Waals surface area (Å²) in [6, 6.07) is 14.6. The van der Waals surface area contributed by atoms with E-state index in [-0.39, 0.29) is 10.5 Å². The molecule has 0 heterocycles. The maximum Gasteiger partial charge on any atom is 0.220 e. The number of Topliss-reactive ketones (excluding diaryl/α,β-unsaturated/α-hetero) is 1. The van der Waals surface area contributed by atoms with Gasteiger partial charge in [0, 0.05) is 10.0 Å². The SMILES string of the molecule is O=C1C(O)=C(c2ccccc2)C1S(=O)(=O)c1ccc(Br)cc1. The molecule has 4 nitrogen and oxygen atoms in total. The number of ketones is 1. The summed E-state index contributed by atoms with van der Waals surface area (Å²) >= 11 is 3.24. The van der Waals surface area contributed by atoms with E-state index >= 15 is 0 Å². The minimum absolute atomic E-state index is 0.0509. The first-order valence-electron chi connectivity index (χ1n) is 6.45. The van der Waals surface area contributed by atoms with Gasteiger partial charge in [-0.2, -0.15) is 0 Å². The van der Waals surface area contributed by atoms with E-state index in [2.05, 4.69) is 15.9 Å². The fourth-order valence-electron chi connectivity index (χ4n) is 2.40. The van der Waals surface area contributed by atoms with Crippen LogP contribution in [0.15, 0.2) is 69.7 Å². The van der Waals surface area contributed by atoms with E-state index in [1.165, 1.54) is 12.1 Å². The first kappa shape index (κ1) is 15.0. The van der Waals surface area contributed by atoms with Crippen LogP contribution >= 0.6 is 15.9 Å². The average Bonchev–Trinajstić information content (AvgIpc) is 2.52. The van der Waals surface area contributed by atoms with Crippen LogP contribution in [0.3, 0.4) is 0 Å². The fourth-order valence-corrected chi connectivity index (χ4v) is 4.40. The number of rotatable bonds is 3. The number of hydrogen-bond acceptors (Lipinski definition) is 4. The maximum absolute atomic E-state index is 12.7. The van der Waals surface area contributed by atoms with Crippen LogP contribution in [0.25, 0.3) is 5.57 Å². The van der Waals surface area contributed by atoms with E-state index in [1.54, 1.807) is 42.5 Å². The zero-order chi connectivity index (χ0) is 15.9. The van der Waals surface area contributed by atoms with Crippen molar-refractivity contribution in [1.82, 2.24) is 0 Å². The lowest BCUT2D eigenvalue weighted by Gasteiger charge is -2.28. The number of sulfone groups is 1. The van der Waals surface area contributed by atoms with Crippen molar-refractivity contribution in [2.75, 3.05) is 0 Å². The third-order valence-electron chi connectivity index (χ3n) is 3.53. The van der Waals surface area contributed by atoms with E-state index in [0.717, 1.165) is 4.47 Å². The molecule has 2 aromatic rings. The monoisotopic (exact) mass is 378 g/mol. The highest BCUT2D eigenvalue weighted by Crippen LogP contribution is 2.39. The number of carbonyl (C=O) groups is 1. The lowest BCUT2D eigenvalue weighted by molar-refractivity contribution is -0.118. The molecule has 6 heteroatoms. The molecule has 1 atom stereocenters. The molecule has 0 saturated carbocycles. The molecule has 1 unspecified atom stereocenters. The topological polar surface area (TPSA) is 71.4 Å². The normalized spacial score (nSPS) is 18.2. The molecule has 1 aliphatic rings. The second-order valence-electron chi connectivity index (χ2n) is 4.87. The summed E-state index contributed by atoms with van der Waals surface area (Å²) in [5.74, 6) is -1.24. The molecule has 0 amide bonds. The van der Waals surface area contributed by atoms with Gasteiger partial charge in [-0.25, -0.2) is 8.42 Å². The Hall–Kier alpha value is -1.92. The second-order valence-corrected chi connectivity index (χ2v) is 7.82. The third kappa shape index (κ3) is 2.28. The molecule has 0 aromatic heterocycles. The van der Waals surface area contributed by atoms with E-state index in [4.69, 9.17) is 0 Å². The van der Waals surface area contributed by atoms with Crippen molar-refractivity contribution in [2.45, 2.75) is 10.1 Å². The van der Waals surface area contributed by atoms with Crippen LogP contribution in [0.4, 0.5) is 0 Å². The summed E-state index contributed by atoms with van der Waals surface area (Å²) in [4.78, 5) is 12.0. The number of aliphatic hydroxyl groups excluding tert-OH is 1. The van der Waals surface area contributed by atoms with Gasteiger partial charge in [0.25, 0.3) is 0 Å². The van der Waals surface area contributed by atoms with Gasteiger partial charge in [-0.15, -0.1) is 0 Å². The number of aliphatic hydroxyl groups is 1. The van der Waals surface area contributed by atoms with Crippen molar-refractivity contribution in [3.63, 3.8) is 0 Å². The van der Waals surface area contributed by atoms with Crippen molar-refractivity contribution in [1.29, 1.82) is 0 Å². The Morgan fingerprint density at radius 3 is 2.14 bits per heavy atom. The van der Waals surface area contributed by atoms with Gasteiger partial charge in [-0.1, -0.05) is 46.3 Å². The second kappa shape index (κ2) is 5.37. The maximum atomic E-state index is 12.7. The smallest absolute Gasteiger partial charge is 0.220 e. The molecule has 0 radical (unpaired) electrons. The summed E-state index contributed by atoms with van der Waals surface area (Å²) < 4.78 is 26.1. The molecule has 0 spiro atoms. The summed E-state index contributed by atoms with van der Waals surface area (Å²) in [7, 11) is -3.89. The Balaban J connectivity index is 2.08. The average molecular weight is 379 g/mol. The van der Waals surface area contributed by atoms with Gasteiger partial charge in [-0.05, 0) is 29.8 Å². The molecule has 1 aliphatic carbocycles. The summed E-state index contributed by atoms with van der Waals surface area (Å²) in [5, 5.41) is 8.46. The molecule has 2 aromatic carbocycles. The van der Waals surface area contributed by atoms with Crippen molar-refractivity contribution in [2.24, 2.45) is 0 Å². The van der Waals surface area contributed by atoms with Crippen molar-refractivity contribution in [3.05, 3.63) is 70.4 Å². The van der Waals surface area contributed by atoms with E-state index in [1.807, 2.05) is 0 Å². The van der Waals surface area contributed by atoms with Gasteiger partial charge in [0.2, 0.25) is 5.78 Å². The molecule has 22 heavy (non-hydrogen) atoms. The van der Waals surface area contributed by atoms with E-state index in [9.17, 15) is 18.3 Å². The zero-order valence-electron chi connectivity index (χ0n) is 11.2. The Kier molecular flexibility index (Phi) is 3.66. The highest BCUT2D eigenvalue weighted by molar-refractivity contribution is 9.10. The van der Waals surface area contributed by atoms with Gasteiger partial charge >= 0.3 is 0 Å². The van der Waals surface area contributed by atoms with Gasteiger partial charge < -0.3 is 5.11 Å². The van der Waals surface area contributed by atoms with Gasteiger partial charge in [0.1, 0.15) is 0 Å². The number of allylic oxidation sites excluding steroid dienone is 1. The summed E-state index contributed by atoms with van der Waals surface area (Å²) in [5.41, 5.74) is 0.693. The van der Waals surface area contributed by atoms with Gasteiger partial charge in [0.05, 0.1) is 4.90 Å². The van der Waals surface area contributed by atoms with Crippen LogP contribution in [-0.4, -0.2) is 24.6 Å². The largest absolute Gasteiger partial charge is 0.504 e. The lowest BCUT2D eigenvalue weighted by Crippen LogP contribution is -2.41. The first-order chi connectivity index (χ1) is 10.4. The minimum atomic E-state index is -3.89. The van der Waals surface area contributed by atoms with Gasteiger partial charge in [0.15, 0.2) is 20.8 Å². The molecule has 1 N–H and O–H groups in total. The predicted molar refractivity (Wildman–Crippen MR) is 86.1 cm³/mol.